The second-order valence-electron chi connectivity index (χ2n) is 12.1. The number of alkyl carbamates (subject to hydrolysis) is 1. The highest BCUT2D eigenvalue weighted by Crippen LogP contribution is 2.30. The summed E-state index contributed by atoms with van der Waals surface area (Å²) in [6, 6.07) is 18.1. The number of sulfonamides is 1. The third kappa shape index (κ3) is 7.78. The number of hydrogen-bond donors (Lipinski definition) is 3. The first-order valence-corrected chi connectivity index (χ1v) is 16.7. The molecule has 4 aromatic rings. The lowest BCUT2D eigenvalue weighted by molar-refractivity contribution is 0.0492. The summed E-state index contributed by atoms with van der Waals surface area (Å²) in [7, 11) is -3.82. The van der Waals surface area contributed by atoms with Gasteiger partial charge >= 0.3 is 6.09 Å². The first-order chi connectivity index (χ1) is 20.9. The van der Waals surface area contributed by atoms with Gasteiger partial charge in [0.05, 0.1) is 10.5 Å². The molecule has 0 radical (unpaired) electrons. The zero-order chi connectivity index (χ0) is 31.5. The molecule has 5 rings (SSSR count). The molecule has 1 aliphatic rings. The van der Waals surface area contributed by atoms with E-state index in [0.717, 1.165) is 59.7 Å². The van der Waals surface area contributed by atoms with Crippen molar-refractivity contribution in [2.45, 2.75) is 82.4 Å². The predicted octanol–water partition coefficient (Wildman–Crippen LogP) is 7.56. The van der Waals surface area contributed by atoms with Gasteiger partial charge in [0, 0.05) is 29.4 Å². The number of hydrogen-bond acceptors (Lipinski definition) is 7. The zero-order valence-electron chi connectivity index (χ0n) is 25.4. The molecule has 0 atom stereocenters. The van der Waals surface area contributed by atoms with Crippen molar-refractivity contribution >= 4 is 50.3 Å². The van der Waals surface area contributed by atoms with E-state index in [1.165, 1.54) is 6.07 Å². The van der Waals surface area contributed by atoms with Gasteiger partial charge in [0.2, 0.25) is 5.95 Å². The van der Waals surface area contributed by atoms with E-state index in [1.54, 1.807) is 30.3 Å². The summed E-state index contributed by atoms with van der Waals surface area (Å²) in [5.41, 5.74) is 3.87. The van der Waals surface area contributed by atoms with E-state index in [9.17, 15) is 13.2 Å². The third-order valence-electron chi connectivity index (χ3n) is 7.52. The molecule has 1 aromatic heterocycles. The standard InChI is InChI=1S/C33H38ClN5O4S/c1-5-21-18-23(22-10-12-27(13-11-22)39-44(41,42)29-9-7-6-8-28(29)34)19-24-20-35-31(38-30(21)24)36-25-14-16-26(17-15-25)37-32(40)43-33(2,3)4/h6-13,18-20,25-26,39H,5,14-17H2,1-4H3,(H,37,40)(H,35,36,38)/t25-,26-. The summed E-state index contributed by atoms with van der Waals surface area (Å²) in [4.78, 5) is 21.6. The molecule has 1 saturated carbocycles. The highest BCUT2D eigenvalue weighted by Gasteiger charge is 2.25. The summed E-state index contributed by atoms with van der Waals surface area (Å²) in [5.74, 6) is 0.596. The van der Waals surface area contributed by atoms with E-state index in [4.69, 9.17) is 21.3 Å². The van der Waals surface area contributed by atoms with Crippen LogP contribution in [0.3, 0.4) is 0 Å². The fraction of sp³-hybridized carbons (Fsp3) is 0.364. The molecule has 232 valence electrons. The Labute approximate surface area is 263 Å². The van der Waals surface area contributed by atoms with Crippen LogP contribution in [0.25, 0.3) is 22.0 Å². The van der Waals surface area contributed by atoms with Crippen LogP contribution in [0.15, 0.2) is 71.8 Å². The monoisotopic (exact) mass is 635 g/mol. The molecule has 0 aliphatic heterocycles. The topological polar surface area (TPSA) is 122 Å². The van der Waals surface area contributed by atoms with E-state index < -0.39 is 15.6 Å². The molecule has 1 aliphatic carbocycles. The smallest absolute Gasteiger partial charge is 0.407 e. The molecule has 3 aromatic carbocycles. The van der Waals surface area contributed by atoms with Crippen molar-refractivity contribution in [1.82, 2.24) is 15.3 Å². The maximum Gasteiger partial charge on any atom is 0.407 e. The Morgan fingerprint density at radius 3 is 2.32 bits per heavy atom. The summed E-state index contributed by atoms with van der Waals surface area (Å²) in [5, 5.41) is 7.57. The Balaban J connectivity index is 1.25. The number of anilines is 2. The molecular weight excluding hydrogens is 598 g/mol. The molecule has 1 amide bonds. The normalized spacial score (nSPS) is 17.2. The number of nitrogens with one attached hydrogen (secondary N) is 3. The number of carbonyl (C=O) groups is 1. The molecule has 11 heteroatoms. The van der Waals surface area contributed by atoms with Crippen LogP contribution in [0.1, 0.15) is 58.9 Å². The second-order valence-corrected chi connectivity index (χ2v) is 14.1. The molecule has 9 nitrogen and oxygen atoms in total. The van der Waals surface area contributed by atoms with Crippen LogP contribution in [0.2, 0.25) is 5.02 Å². The van der Waals surface area contributed by atoms with Gasteiger partial charge in [-0.05, 0) is 106 Å². The molecule has 1 heterocycles. The Kier molecular flexibility index (Phi) is 9.31. The molecule has 3 N–H and O–H groups in total. The fourth-order valence-corrected chi connectivity index (χ4v) is 6.95. The van der Waals surface area contributed by atoms with Crippen molar-refractivity contribution in [3.63, 3.8) is 0 Å². The third-order valence-corrected chi connectivity index (χ3v) is 9.40. The van der Waals surface area contributed by atoms with Crippen molar-refractivity contribution in [3.05, 3.63) is 77.4 Å². The van der Waals surface area contributed by atoms with Gasteiger partial charge in [0.25, 0.3) is 10.0 Å². The lowest BCUT2D eigenvalue weighted by Crippen LogP contribution is -2.42. The Morgan fingerprint density at radius 1 is 0.977 bits per heavy atom. The van der Waals surface area contributed by atoms with Crippen LogP contribution < -0.4 is 15.4 Å². The maximum atomic E-state index is 12.8. The van der Waals surface area contributed by atoms with Gasteiger partial charge in [0.15, 0.2) is 0 Å². The van der Waals surface area contributed by atoms with Crippen LogP contribution in [-0.4, -0.2) is 42.2 Å². The first kappa shape index (κ1) is 31.5. The number of aromatic nitrogens is 2. The van der Waals surface area contributed by atoms with E-state index in [0.29, 0.717) is 11.6 Å². The maximum absolute atomic E-state index is 12.8. The molecule has 0 bridgehead atoms. The molecule has 44 heavy (non-hydrogen) atoms. The summed E-state index contributed by atoms with van der Waals surface area (Å²) in [6.07, 6.45) is 5.76. The van der Waals surface area contributed by atoms with Crippen LogP contribution in [0, 0.1) is 0 Å². The number of amides is 1. The Morgan fingerprint density at radius 2 is 1.66 bits per heavy atom. The average molecular weight is 636 g/mol. The summed E-state index contributed by atoms with van der Waals surface area (Å²) < 4.78 is 33.6. The van der Waals surface area contributed by atoms with Crippen LogP contribution >= 0.6 is 11.6 Å². The van der Waals surface area contributed by atoms with Crippen LogP contribution in [-0.2, 0) is 21.2 Å². The first-order valence-electron chi connectivity index (χ1n) is 14.8. The summed E-state index contributed by atoms with van der Waals surface area (Å²) >= 11 is 6.10. The van der Waals surface area contributed by atoms with Gasteiger partial charge in [-0.25, -0.2) is 23.2 Å². The van der Waals surface area contributed by atoms with Gasteiger partial charge in [-0.1, -0.05) is 42.8 Å². The number of rotatable bonds is 8. The molecule has 0 saturated heterocycles. The number of ether oxygens (including phenoxy) is 1. The number of carbonyl (C=O) groups excluding carboxylic acids is 1. The van der Waals surface area contributed by atoms with Crippen molar-refractivity contribution < 1.29 is 17.9 Å². The number of halogens is 1. The Hall–Kier alpha value is -3.89. The van der Waals surface area contributed by atoms with E-state index in [-0.39, 0.29) is 28.1 Å². The number of aryl methyl sites for hydroxylation is 1. The fourth-order valence-electron chi connectivity index (χ4n) is 5.37. The number of benzene rings is 3. The quantitative estimate of drug-likeness (QED) is 0.183. The van der Waals surface area contributed by atoms with E-state index >= 15 is 0 Å². The molecule has 0 spiro atoms. The minimum Gasteiger partial charge on any atom is -0.444 e. The molecular formula is C33H38ClN5O4S. The van der Waals surface area contributed by atoms with Crippen molar-refractivity contribution in [2.75, 3.05) is 10.0 Å². The van der Waals surface area contributed by atoms with Crippen LogP contribution in [0.5, 0.6) is 0 Å². The van der Waals surface area contributed by atoms with Crippen molar-refractivity contribution in [3.8, 4) is 11.1 Å². The van der Waals surface area contributed by atoms with Crippen molar-refractivity contribution in [1.29, 1.82) is 0 Å². The van der Waals surface area contributed by atoms with E-state index in [1.807, 2.05) is 39.1 Å². The SMILES string of the molecule is CCc1cc(-c2ccc(NS(=O)(=O)c3ccccc3Cl)cc2)cc2cnc(N[C@H]3CC[C@H](NC(=O)OC(C)(C)C)CC3)nc12. The highest BCUT2D eigenvalue weighted by atomic mass is 35.5. The zero-order valence-corrected chi connectivity index (χ0v) is 26.9. The highest BCUT2D eigenvalue weighted by molar-refractivity contribution is 7.92. The van der Waals surface area contributed by atoms with Gasteiger partial charge in [-0.2, -0.15) is 0 Å². The lowest BCUT2D eigenvalue weighted by atomic mass is 9.91. The Bertz CT molecular complexity index is 1750. The number of nitrogens with zero attached hydrogens (tertiary/aromatic N) is 2. The lowest BCUT2D eigenvalue weighted by Gasteiger charge is -2.30. The molecule has 1 fully saturated rings. The second kappa shape index (κ2) is 13.0. The average Bonchev–Trinajstić information content (AvgIpc) is 2.97. The van der Waals surface area contributed by atoms with Gasteiger partial charge < -0.3 is 15.4 Å². The minimum absolute atomic E-state index is 0.0320. The van der Waals surface area contributed by atoms with Crippen molar-refractivity contribution in [2.24, 2.45) is 0 Å². The van der Waals surface area contributed by atoms with Crippen LogP contribution in [0.4, 0.5) is 16.4 Å². The minimum atomic E-state index is -3.82. The molecule has 0 unspecified atom stereocenters. The van der Waals surface area contributed by atoms with Gasteiger partial charge in [-0.15, -0.1) is 0 Å². The largest absolute Gasteiger partial charge is 0.444 e. The van der Waals surface area contributed by atoms with E-state index in [2.05, 4.69) is 39.4 Å². The van der Waals surface area contributed by atoms with Gasteiger partial charge in [0.1, 0.15) is 10.5 Å². The number of fused-ring (bicyclic) bond motifs is 1. The predicted molar refractivity (Wildman–Crippen MR) is 176 cm³/mol. The van der Waals surface area contributed by atoms with Gasteiger partial charge in [-0.3, -0.25) is 4.72 Å². The summed E-state index contributed by atoms with van der Waals surface area (Å²) in [6.45, 7) is 7.67.